The predicted octanol–water partition coefficient (Wildman–Crippen LogP) is 0.383. The third kappa shape index (κ3) is 30.7. The average molecular weight is 1930 g/mol. The number of primary amides is 1. The molecule has 8 rings (SSSR count). The normalized spacial score (nSPS) is 25.9. The van der Waals surface area contributed by atoms with E-state index in [1.807, 2.05) is 0 Å². The number of methoxy groups -OCH3 is 1. The van der Waals surface area contributed by atoms with Crippen molar-refractivity contribution in [1.29, 1.82) is 0 Å². The van der Waals surface area contributed by atoms with E-state index in [9.17, 15) is 87.9 Å². The summed E-state index contributed by atoms with van der Waals surface area (Å²) in [5, 5.41) is 73.2. The van der Waals surface area contributed by atoms with Gasteiger partial charge in [0.15, 0.2) is 17.3 Å². The third-order valence-electron chi connectivity index (χ3n) is 25.5. The van der Waals surface area contributed by atoms with Crippen LogP contribution in [-0.4, -0.2) is 306 Å². The van der Waals surface area contributed by atoms with Gasteiger partial charge in [-0.2, -0.15) is 0 Å². The van der Waals surface area contributed by atoms with E-state index in [0.717, 1.165) is 31.4 Å². The van der Waals surface area contributed by atoms with Crippen LogP contribution in [0.1, 0.15) is 184 Å². The molecule has 0 spiro atoms. The Morgan fingerprint density at radius 2 is 1.12 bits per heavy atom. The van der Waals surface area contributed by atoms with Crippen molar-refractivity contribution in [3.05, 3.63) is 107 Å². The Labute approximate surface area is 796 Å². The molecule has 2 saturated heterocycles. The molecule has 1 aromatic heterocycles. The molecule has 3 heterocycles. The Bertz CT molecular complexity index is 5110. The lowest BCUT2D eigenvalue weighted by molar-refractivity contribution is -0.149. The summed E-state index contributed by atoms with van der Waals surface area (Å²) in [5.74, 6) is -26.9. The standard InChI is InChI=1S/C94H128N16O26S/c1-8-10-21-72-89(130)101-65(29-33-80(118)119)87(128)106-71(75(112)30-31-77(97)114)48-137-49-78(115)99-67(37-51-24-26-57(136-7)27-25-51)91(132)107(4)50(3)84(125)103-69(45-82(122)123)93(134)110-36-16-23-73(110)90(131)105-70(46-96)88(129)100-64(28-32-79(116)117)83(124)61-43-56(111)44-62(61)86(127)102-66(40-55-47-98-63-20-15-14-19-60(55)63)76(113)41-52(34-35-95)85(126)104-68(92(133)109(6)74(22-11-9-2)94(135)108(72)5)39-53-38-54(42-81(120)121)59-18-13-12-17-58(53)59/h12-15,17-20,24-27,38,47,50,52,54,56,61-62,64-74,98,111H,8-11,16,21-23,28-37,39-46,48-49,95-96H2,1-7H3,(H2,97,114)(H,99,115)(H,100,129)(H,101,130)(H,102,127)(H,103,125)(H,104,126)(H,105,131)(H,106,128)(H,116,117)(H,118,119)(H,120,121)(H,122,123)/t50-,52+,54?,56-,61?,62+,64-,65-,66-,67-,68-,69-,70-,71-,72-,73-,74-/m0/s1. The number of carbonyl (C=O) groups is 20. The monoisotopic (exact) mass is 1930 g/mol. The zero-order valence-electron chi connectivity index (χ0n) is 77.9. The van der Waals surface area contributed by atoms with Gasteiger partial charge in [0.05, 0.1) is 55.9 Å². The lowest BCUT2D eigenvalue weighted by Gasteiger charge is -2.36. The maximum absolute atomic E-state index is 16.0. The molecule has 137 heavy (non-hydrogen) atoms. The van der Waals surface area contributed by atoms with Gasteiger partial charge in [0.2, 0.25) is 76.8 Å². The Balaban J connectivity index is 1.21. The number of ketones is 3. The molecular formula is C94H128N16O26S. The lowest BCUT2D eigenvalue weighted by atomic mass is 9.85. The lowest BCUT2D eigenvalue weighted by Crippen LogP contribution is -2.60. The highest BCUT2D eigenvalue weighted by molar-refractivity contribution is 8.00. The first-order valence-electron chi connectivity index (χ1n) is 46.0. The van der Waals surface area contributed by atoms with Gasteiger partial charge in [-0.3, -0.25) is 95.9 Å². The number of nitrogens with zero attached hydrogens (tertiary/aromatic N) is 4. The molecule has 0 bridgehead atoms. The molecule has 3 fully saturated rings. The molecule has 3 aromatic carbocycles. The van der Waals surface area contributed by atoms with Crippen LogP contribution in [0.2, 0.25) is 0 Å². The number of thioether (sulfide) groups is 1. The molecule has 2 aliphatic carbocycles. The highest BCUT2D eigenvalue weighted by Crippen LogP contribution is 2.41. The summed E-state index contributed by atoms with van der Waals surface area (Å²) >= 11 is 0.735. The van der Waals surface area contributed by atoms with Crippen LogP contribution in [0.5, 0.6) is 5.75 Å². The van der Waals surface area contributed by atoms with Crippen LogP contribution in [0.3, 0.4) is 0 Å². The largest absolute Gasteiger partial charge is 0.497 e. The van der Waals surface area contributed by atoms with E-state index in [-0.39, 0.29) is 83.7 Å². The molecule has 20 N–H and O–H groups in total. The Kier molecular flexibility index (Phi) is 41.7. The van der Waals surface area contributed by atoms with E-state index >= 15 is 33.6 Å². The number of allylic oxidation sites excluding steroid dienone is 1. The minimum absolute atomic E-state index is 0.0750. The number of ether oxygens (including phenoxy) is 1. The summed E-state index contributed by atoms with van der Waals surface area (Å²) in [6.07, 6.45) is -5.05. The predicted molar refractivity (Wildman–Crippen MR) is 497 cm³/mol. The number of nitrogens with one attached hydrogen (secondary N) is 9. The number of benzene rings is 3. The number of Topliss-reactive ketones (excluding diaryl/α,β-unsaturated/α-hetero) is 3. The topological polar surface area (TPSA) is 655 Å². The van der Waals surface area contributed by atoms with Crippen LogP contribution in [-0.2, 0) is 109 Å². The summed E-state index contributed by atoms with van der Waals surface area (Å²) in [7, 11) is 5.16. The number of nitrogens with two attached hydrogens (primary N) is 3. The number of amides is 13. The van der Waals surface area contributed by atoms with Gasteiger partial charge in [-0.1, -0.05) is 100 Å². The van der Waals surface area contributed by atoms with Crippen molar-refractivity contribution in [1.82, 2.24) is 67.1 Å². The van der Waals surface area contributed by atoms with E-state index in [4.69, 9.17) is 21.9 Å². The molecule has 13 amide bonds. The van der Waals surface area contributed by atoms with Crippen LogP contribution in [0.25, 0.3) is 16.5 Å². The Morgan fingerprint density at radius 3 is 1.77 bits per heavy atom. The van der Waals surface area contributed by atoms with E-state index in [2.05, 4.69) is 47.5 Å². The summed E-state index contributed by atoms with van der Waals surface area (Å²) in [4.78, 5) is 294. The molecule has 42 nitrogen and oxygen atoms in total. The molecular weight excluding hydrogens is 1800 g/mol. The second-order valence-electron chi connectivity index (χ2n) is 35.2. The number of rotatable bonds is 30. The number of aliphatic hydroxyl groups excluding tert-OH is 1. The number of aromatic nitrogens is 1. The van der Waals surface area contributed by atoms with Crippen molar-refractivity contribution in [2.45, 2.75) is 253 Å². The molecule has 2 unspecified atom stereocenters. The van der Waals surface area contributed by atoms with Gasteiger partial charge in [0.25, 0.3) is 0 Å². The van der Waals surface area contributed by atoms with Crippen LogP contribution < -0.4 is 64.5 Å². The number of carboxylic acids is 4. The van der Waals surface area contributed by atoms with Gasteiger partial charge in [0.1, 0.15) is 60.1 Å². The fourth-order valence-electron chi connectivity index (χ4n) is 17.7. The van der Waals surface area contributed by atoms with Crippen molar-refractivity contribution < 1.29 is 126 Å². The van der Waals surface area contributed by atoms with Gasteiger partial charge in [-0.25, -0.2) is 0 Å². The van der Waals surface area contributed by atoms with Gasteiger partial charge in [-0.05, 0) is 117 Å². The smallest absolute Gasteiger partial charge is 0.305 e. The Morgan fingerprint density at radius 1 is 0.540 bits per heavy atom. The van der Waals surface area contributed by atoms with Crippen LogP contribution in [0, 0.1) is 17.8 Å². The van der Waals surface area contributed by atoms with Gasteiger partial charge < -0.3 is 115 Å². The summed E-state index contributed by atoms with van der Waals surface area (Å²) < 4.78 is 5.31. The van der Waals surface area contributed by atoms with Crippen molar-refractivity contribution in [2.75, 3.05) is 59.4 Å². The van der Waals surface area contributed by atoms with Gasteiger partial charge >= 0.3 is 23.9 Å². The van der Waals surface area contributed by atoms with Crippen LogP contribution in [0.4, 0.5) is 0 Å². The average Bonchev–Trinajstić information content (AvgIpc) is 1.67. The molecule has 1 saturated carbocycles. The number of fused-ring (bicyclic) bond motifs is 4. The first-order chi connectivity index (χ1) is 65.1. The number of likely N-dealkylation sites (N-methyl/N-ethyl adjacent to an activating group) is 3. The second kappa shape index (κ2) is 52.3. The molecule has 746 valence electrons. The van der Waals surface area contributed by atoms with E-state index in [0.29, 0.717) is 57.3 Å². The summed E-state index contributed by atoms with van der Waals surface area (Å²) in [6, 6.07) is 0.314. The minimum atomic E-state index is -1.94. The fourth-order valence-corrected chi connectivity index (χ4v) is 18.6. The first kappa shape index (κ1) is 109. The number of carboxylic acid groups (broad SMARTS) is 4. The van der Waals surface area contributed by atoms with Crippen molar-refractivity contribution in [3.63, 3.8) is 0 Å². The molecule has 17 atom stereocenters. The number of para-hydroxylation sites is 1. The first-order valence-corrected chi connectivity index (χ1v) is 47.2. The maximum Gasteiger partial charge on any atom is 0.305 e. The van der Waals surface area contributed by atoms with Gasteiger partial charge in [-0.15, -0.1) is 11.8 Å². The fraction of sp³-hybridized carbons (Fsp3) is 0.553. The number of hydrogen-bond donors (Lipinski definition) is 17. The molecule has 4 aromatic rings. The zero-order valence-corrected chi connectivity index (χ0v) is 78.8. The Hall–Kier alpha value is -13.0. The number of carbonyl (C=O) groups excluding carboxylic acids is 16. The van der Waals surface area contributed by atoms with E-state index in [1.54, 1.807) is 98.9 Å². The summed E-state index contributed by atoms with van der Waals surface area (Å²) in [5.41, 5.74) is 20.9. The highest BCUT2D eigenvalue weighted by Gasteiger charge is 2.48. The number of H-pyrrole nitrogens is 1. The highest BCUT2D eigenvalue weighted by atomic mass is 32.2. The number of hydrogen-bond acceptors (Lipinski definition) is 25. The van der Waals surface area contributed by atoms with E-state index < -0.39 is 303 Å². The molecule has 4 aliphatic rings. The molecule has 2 aliphatic heterocycles. The number of aliphatic carboxylic acids is 4. The number of aromatic amines is 1. The zero-order chi connectivity index (χ0) is 101. The van der Waals surface area contributed by atoms with Crippen molar-refractivity contribution in [3.8, 4) is 5.75 Å². The van der Waals surface area contributed by atoms with Crippen LogP contribution in [0.15, 0.2) is 85.1 Å². The quantitative estimate of drug-likeness (QED) is 0.0336. The van der Waals surface area contributed by atoms with Crippen molar-refractivity contribution in [2.24, 2.45) is 35.0 Å². The number of aliphatic hydroxyl groups is 1. The molecule has 43 heteroatoms. The minimum Gasteiger partial charge on any atom is -0.497 e. The summed E-state index contributed by atoms with van der Waals surface area (Å²) in [6.45, 7) is 3.64. The van der Waals surface area contributed by atoms with E-state index in [1.165, 1.54) is 35.2 Å². The molecule has 0 radical (unpaired) electrons. The SMILES string of the molecule is CCCC[C@H]1C(=O)N(C)[C@@H](CCCC)C(=O)N[C@@H](CCC(=O)O)C(=O)N[C@H](C(=O)CCC(N)=O)CSCC(=O)N[C@@H](Cc2ccc(OC)cc2)C(=O)N(C)[C@@H](C)C(=O)N[C@@H](CC(=O)O)C(=O)N2CCC[C@H]2C(=O)N[C@@H](CN)C(=O)N[C@@H](CCC(=O)O)C(=O)C2C[C@H](O)C[C@H]2C(=O)N[C@@H](Cc2c[nH]c3ccccc23)C(=O)C[C@@H](CCN)C(=O)N[C@@H](CC2=CC(CC(=O)O)c3ccccc32)C(=O)N1C. The van der Waals surface area contributed by atoms with Crippen molar-refractivity contribution >= 4 is 146 Å². The maximum atomic E-state index is 16.0. The third-order valence-corrected chi connectivity index (χ3v) is 26.5. The van der Waals surface area contributed by atoms with Gasteiger partial charge in [0, 0.05) is 126 Å². The van der Waals surface area contributed by atoms with Crippen LogP contribution >= 0.6 is 11.8 Å². The number of unbranched alkanes of at least 4 members (excludes halogenated alkanes) is 2. The second-order valence-corrected chi connectivity index (χ2v) is 36.2.